The van der Waals surface area contributed by atoms with Crippen LogP contribution in [0.1, 0.15) is 39.0 Å². The molecule has 0 amide bonds. The van der Waals surface area contributed by atoms with Gasteiger partial charge in [-0.2, -0.15) is 12.6 Å². The molecular weight excluding hydrogens is 168 g/mol. The summed E-state index contributed by atoms with van der Waals surface area (Å²) in [5, 5.41) is 0. The summed E-state index contributed by atoms with van der Waals surface area (Å²) < 4.78 is 5.80. The van der Waals surface area contributed by atoms with Gasteiger partial charge in [-0.1, -0.05) is 19.8 Å². The number of hydrogen-bond acceptors (Lipinski definition) is 2. The van der Waals surface area contributed by atoms with Gasteiger partial charge in [-0.3, -0.25) is 0 Å². The van der Waals surface area contributed by atoms with Crippen molar-refractivity contribution in [1.82, 2.24) is 0 Å². The predicted octanol–water partition coefficient (Wildman–Crippen LogP) is 2.90. The molecule has 2 unspecified atom stereocenters. The molecule has 72 valence electrons. The molecule has 1 rings (SSSR count). The first-order chi connectivity index (χ1) is 5.88. The quantitative estimate of drug-likeness (QED) is 0.515. The van der Waals surface area contributed by atoms with E-state index in [0.29, 0.717) is 6.10 Å². The van der Waals surface area contributed by atoms with Gasteiger partial charge in [0.15, 0.2) is 0 Å². The van der Waals surface area contributed by atoms with Crippen LogP contribution in [-0.2, 0) is 4.74 Å². The molecule has 0 spiro atoms. The molecule has 2 heteroatoms. The summed E-state index contributed by atoms with van der Waals surface area (Å²) in [7, 11) is 0. The fraction of sp³-hybridized carbons (Fsp3) is 1.00. The van der Waals surface area contributed by atoms with Gasteiger partial charge >= 0.3 is 0 Å². The lowest BCUT2D eigenvalue weighted by Gasteiger charge is -2.18. The first-order valence-electron chi connectivity index (χ1n) is 5.11. The fourth-order valence-electron chi connectivity index (χ4n) is 1.99. The van der Waals surface area contributed by atoms with Crippen LogP contribution >= 0.6 is 12.6 Å². The minimum Gasteiger partial charge on any atom is -0.378 e. The van der Waals surface area contributed by atoms with Crippen molar-refractivity contribution in [3.05, 3.63) is 0 Å². The Bertz CT molecular complexity index is 116. The van der Waals surface area contributed by atoms with Crippen LogP contribution in [0.3, 0.4) is 0 Å². The van der Waals surface area contributed by atoms with Gasteiger partial charge in [-0.25, -0.2) is 0 Å². The maximum absolute atomic E-state index is 5.80. The second kappa shape index (κ2) is 5.87. The molecule has 0 bridgehead atoms. The lowest BCUT2D eigenvalue weighted by atomic mass is 10.0. The van der Waals surface area contributed by atoms with Crippen LogP contribution in [0.15, 0.2) is 0 Å². The number of ether oxygens (including phenoxy) is 1. The van der Waals surface area contributed by atoms with E-state index in [1.54, 1.807) is 0 Å². The number of hydrogen-bond donors (Lipinski definition) is 1. The minimum absolute atomic E-state index is 0.565. The molecule has 1 saturated carbocycles. The van der Waals surface area contributed by atoms with Crippen LogP contribution in [-0.4, -0.2) is 18.5 Å². The van der Waals surface area contributed by atoms with E-state index >= 15 is 0 Å². The topological polar surface area (TPSA) is 9.23 Å². The number of rotatable bonds is 5. The third-order valence-electron chi connectivity index (χ3n) is 2.75. The molecule has 0 aromatic carbocycles. The molecule has 0 aromatic rings. The van der Waals surface area contributed by atoms with Gasteiger partial charge < -0.3 is 4.74 Å². The zero-order valence-electron chi connectivity index (χ0n) is 7.96. The lowest BCUT2D eigenvalue weighted by molar-refractivity contribution is 0.0277. The van der Waals surface area contributed by atoms with Gasteiger partial charge in [0.05, 0.1) is 6.10 Å². The van der Waals surface area contributed by atoms with Gasteiger partial charge in [0.2, 0.25) is 0 Å². The first kappa shape index (κ1) is 10.4. The predicted molar refractivity (Wildman–Crippen MR) is 55.8 cm³/mol. The van der Waals surface area contributed by atoms with E-state index in [1.165, 1.54) is 25.7 Å². The van der Waals surface area contributed by atoms with Crippen molar-refractivity contribution in [3.8, 4) is 0 Å². The Balaban J connectivity index is 2.12. The van der Waals surface area contributed by atoms with Crippen LogP contribution in [0.2, 0.25) is 0 Å². The standard InChI is InChI=1S/C10H20OS/c1-2-9-5-3-6-10(9)11-7-4-8-12/h9-10,12H,2-8H2,1H3. The largest absolute Gasteiger partial charge is 0.378 e. The summed E-state index contributed by atoms with van der Waals surface area (Å²) in [4.78, 5) is 0. The van der Waals surface area contributed by atoms with Crippen LogP contribution < -0.4 is 0 Å². The highest BCUT2D eigenvalue weighted by molar-refractivity contribution is 7.80. The summed E-state index contributed by atoms with van der Waals surface area (Å²) in [5.74, 6) is 1.79. The summed E-state index contributed by atoms with van der Waals surface area (Å²) in [6, 6.07) is 0. The maximum Gasteiger partial charge on any atom is 0.0603 e. The van der Waals surface area contributed by atoms with E-state index in [2.05, 4.69) is 19.6 Å². The molecule has 12 heavy (non-hydrogen) atoms. The van der Waals surface area contributed by atoms with Crippen LogP contribution in [0.25, 0.3) is 0 Å². The summed E-state index contributed by atoms with van der Waals surface area (Å²) in [6.07, 6.45) is 6.97. The Labute approximate surface area is 81.3 Å². The molecule has 1 aliphatic carbocycles. The average Bonchev–Trinajstić information content (AvgIpc) is 2.52. The van der Waals surface area contributed by atoms with E-state index in [1.807, 2.05) is 0 Å². The zero-order chi connectivity index (χ0) is 8.81. The van der Waals surface area contributed by atoms with Crippen molar-refractivity contribution in [2.45, 2.75) is 45.1 Å². The van der Waals surface area contributed by atoms with Gasteiger partial charge in [0, 0.05) is 6.61 Å². The van der Waals surface area contributed by atoms with Crippen molar-refractivity contribution < 1.29 is 4.74 Å². The molecule has 0 aromatic heterocycles. The van der Waals surface area contributed by atoms with Gasteiger partial charge in [-0.15, -0.1) is 0 Å². The third-order valence-corrected chi connectivity index (χ3v) is 3.06. The smallest absolute Gasteiger partial charge is 0.0603 e. The van der Waals surface area contributed by atoms with Crippen molar-refractivity contribution >= 4 is 12.6 Å². The summed E-state index contributed by atoms with van der Waals surface area (Å²) in [6.45, 7) is 3.18. The number of thiol groups is 1. The van der Waals surface area contributed by atoms with Crippen molar-refractivity contribution in [3.63, 3.8) is 0 Å². The van der Waals surface area contributed by atoms with Crippen LogP contribution in [0, 0.1) is 5.92 Å². The molecular formula is C10H20OS. The Morgan fingerprint density at radius 3 is 2.92 bits per heavy atom. The van der Waals surface area contributed by atoms with Crippen molar-refractivity contribution in [2.75, 3.05) is 12.4 Å². The molecule has 1 nitrogen and oxygen atoms in total. The summed E-state index contributed by atoms with van der Waals surface area (Å²) in [5.41, 5.74) is 0. The SMILES string of the molecule is CCC1CCCC1OCCCS. The lowest BCUT2D eigenvalue weighted by Crippen LogP contribution is -2.18. The monoisotopic (exact) mass is 188 g/mol. The first-order valence-corrected chi connectivity index (χ1v) is 5.74. The van der Waals surface area contributed by atoms with E-state index < -0.39 is 0 Å². The summed E-state index contributed by atoms with van der Waals surface area (Å²) >= 11 is 4.16. The highest BCUT2D eigenvalue weighted by atomic mass is 32.1. The van der Waals surface area contributed by atoms with E-state index in [4.69, 9.17) is 4.74 Å². The molecule has 0 N–H and O–H groups in total. The normalized spacial score (nSPS) is 29.5. The molecule has 0 radical (unpaired) electrons. The molecule has 0 saturated heterocycles. The Kier molecular flexibility index (Phi) is 5.08. The molecule has 1 aliphatic rings. The zero-order valence-corrected chi connectivity index (χ0v) is 8.85. The minimum atomic E-state index is 0.565. The van der Waals surface area contributed by atoms with E-state index in [9.17, 15) is 0 Å². The van der Waals surface area contributed by atoms with Crippen molar-refractivity contribution in [2.24, 2.45) is 5.92 Å². The van der Waals surface area contributed by atoms with Crippen LogP contribution in [0.5, 0.6) is 0 Å². The Hall–Kier alpha value is 0.310. The van der Waals surface area contributed by atoms with Crippen molar-refractivity contribution in [1.29, 1.82) is 0 Å². The Morgan fingerprint density at radius 1 is 1.42 bits per heavy atom. The molecule has 2 atom stereocenters. The highest BCUT2D eigenvalue weighted by Crippen LogP contribution is 2.30. The highest BCUT2D eigenvalue weighted by Gasteiger charge is 2.25. The fourth-order valence-corrected chi connectivity index (χ4v) is 2.12. The Morgan fingerprint density at radius 2 is 2.25 bits per heavy atom. The van der Waals surface area contributed by atoms with E-state index in [-0.39, 0.29) is 0 Å². The average molecular weight is 188 g/mol. The molecule has 1 fully saturated rings. The van der Waals surface area contributed by atoms with Gasteiger partial charge in [0.1, 0.15) is 0 Å². The molecule has 0 heterocycles. The second-order valence-corrected chi connectivity index (χ2v) is 4.03. The molecule has 0 aliphatic heterocycles. The van der Waals surface area contributed by atoms with Gasteiger partial charge in [0.25, 0.3) is 0 Å². The third kappa shape index (κ3) is 2.98. The van der Waals surface area contributed by atoms with Crippen LogP contribution in [0.4, 0.5) is 0 Å². The second-order valence-electron chi connectivity index (χ2n) is 3.59. The maximum atomic E-state index is 5.80. The van der Waals surface area contributed by atoms with E-state index in [0.717, 1.165) is 24.7 Å². The van der Waals surface area contributed by atoms with Gasteiger partial charge in [-0.05, 0) is 30.9 Å².